The van der Waals surface area contributed by atoms with Crippen LogP contribution < -0.4 is 10.2 Å². The Hall–Kier alpha value is -2.88. The number of nitrogens with one attached hydrogen (secondary N) is 1. The van der Waals surface area contributed by atoms with E-state index in [1.807, 2.05) is 0 Å². The van der Waals surface area contributed by atoms with Crippen LogP contribution in [0.2, 0.25) is 0 Å². The Morgan fingerprint density at radius 1 is 1.32 bits per heavy atom. The molecule has 22 heavy (non-hydrogen) atoms. The molecule has 1 fully saturated rings. The number of carbonyl (C=O) groups excluding carboxylic acids is 3. The van der Waals surface area contributed by atoms with Crippen molar-refractivity contribution in [3.8, 4) is 6.07 Å². The van der Waals surface area contributed by atoms with Crippen LogP contribution in [0.3, 0.4) is 0 Å². The summed E-state index contributed by atoms with van der Waals surface area (Å²) in [5, 5.41) is 10.7. The summed E-state index contributed by atoms with van der Waals surface area (Å²) in [6.45, 7) is 0.0508. The van der Waals surface area contributed by atoms with Gasteiger partial charge in [-0.2, -0.15) is 5.26 Å². The second-order valence-corrected chi connectivity index (χ2v) is 4.70. The van der Waals surface area contributed by atoms with E-state index in [2.05, 4.69) is 10.1 Å². The van der Waals surface area contributed by atoms with Crippen LogP contribution in [0.4, 0.5) is 5.69 Å². The molecule has 2 rings (SSSR count). The molecule has 0 atom stereocenters. The Labute approximate surface area is 127 Å². The topological polar surface area (TPSA) is 99.5 Å². The van der Waals surface area contributed by atoms with E-state index in [0.717, 1.165) is 12.1 Å². The Morgan fingerprint density at radius 2 is 2.05 bits per heavy atom. The van der Waals surface area contributed by atoms with Crippen molar-refractivity contribution in [3.63, 3.8) is 0 Å². The SMILES string of the molecule is N#CCOC(=O)CNC(=O)c1ccc(N2CCCC2=O)cc1. The molecule has 7 heteroatoms. The molecule has 0 saturated carbocycles. The fourth-order valence-electron chi connectivity index (χ4n) is 2.13. The largest absolute Gasteiger partial charge is 0.449 e. The van der Waals surface area contributed by atoms with Crippen LogP contribution in [0.15, 0.2) is 24.3 Å². The summed E-state index contributed by atoms with van der Waals surface area (Å²) in [4.78, 5) is 36.3. The zero-order valence-corrected chi connectivity index (χ0v) is 11.9. The highest BCUT2D eigenvalue weighted by atomic mass is 16.5. The first-order chi connectivity index (χ1) is 10.6. The van der Waals surface area contributed by atoms with Crippen LogP contribution in [0, 0.1) is 11.3 Å². The van der Waals surface area contributed by atoms with Crippen molar-refractivity contribution in [3.05, 3.63) is 29.8 Å². The summed E-state index contributed by atoms with van der Waals surface area (Å²) >= 11 is 0. The summed E-state index contributed by atoms with van der Waals surface area (Å²) in [5.74, 6) is -1.01. The molecule has 1 heterocycles. The zero-order chi connectivity index (χ0) is 15.9. The first kappa shape index (κ1) is 15.5. The Bertz CT molecular complexity index is 619. The highest BCUT2D eigenvalue weighted by Crippen LogP contribution is 2.21. The van der Waals surface area contributed by atoms with Crippen molar-refractivity contribution in [2.75, 3.05) is 24.6 Å². The highest BCUT2D eigenvalue weighted by Gasteiger charge is 2.21. The van der Waals surface area contributed by atoms with Gasteiger partial charge in [0.05, 0.1) is 0 Å². The number of hydrogen-bond donors (Lipinski definition) is 1. The summed E-state index contributed by atoms with van der Waals surface area (Å²) in [7, 11) is 0. The number of anilines is 1. The molecule has 1 aromatic carbocycles. The molecule has 1 N–H and O–H groups in total. The minimum Gasteiger partial charge on any atom is -0.449 e. The maximum atomic E-state index is 11.9. The molecule has 7 nitrogen and oxygen atoms in total. The van der Waals surface area contributed by atoms with Crippen molar-refractivity contribution >= 4 is 23.5 Å². The minimum atomic E-state index is -0.672. The van der Waals surface area contributed by atoms with Gasteiger partial charge in [0.1, 0.15) is 12.6 Å². The van der Waals surface area contributed by atoms with Crippen molar-refractivity contribution in [2.45, 2.75) is 12.8 Å². The smallest absolute Gasteiger partial charge is 0.326 e. The fraction of sp³-hybridized carbons (Fsp3) is 0.333. The Kier molecular flexibility index (Phi) is 5.09. The number of nitrogens with zero attached hydrogens (tertiary/aromatic N) is 2. The lowest BCUT2D eigenvalue weighted by atomic mass is 10.2. The van der Waals surface area contributed by atoms with Crippen molar-refractivity contribution in [1.82, 2.24) is 5.32 Å². The third kappa shape index (κ3) is 3.82. The third-order valence-corrected chi connectivity index (χ3v) is 3.21. The van der Waals surface area contributed by atoms with Gasteiger partial charge in [0, 0.05) is 24.2 Å². The molecular formula is C15H15N3O4. The molecule has 114 valence electrons. The second-order valence-electron chi connectivity index (χ2n) is 4.70. The van der Waals surface area contributed by atoms with E-state index in [0.29, 0.717) is 18.5 Å². The molecule has 1 aliphatic heterocycles. The van der Waals surface area contributed by atoms with Gasteiger partial charge >= 0.3 is 5.97 Å². The van der Waals surface area contributed by atoms with Gasteiger partial charge in [-0.05, 0) is 30.7 Å². The summed E-state index contributed by atoms with van der Waals surface area (Å²) in [6, 6.07) is 8.26. The van der Waals surface area contributed by atoms with E-state index in [1.54, 1.807) is 35.2 Å². The predicted molar refractivity (Wildman–Crippen MR) is 76.9 cm³/mol. The van der Waals surface area contributed by atoms with E-state index < -0.39 is 11.9 Å². The molecule has 0 bridgehead atoms. The van der Waals surface area contributed by atoms with E-state index in [-0.39, 0.29) is 19.1 Å². The molecule has 1 aromatic rings. The van der Waals surface area contributed by atoms with Crippen LogP contribution in [0.1, 0.15) is 23.2 Å². The van der Waals surface area contributed by atoms with Crippen LogP contribution in [0.25, 0.3) is 0 Å². The maximum absolute atomic E-state index is 11.9. The average Bonchev–Trinajstić information content (AvgIpc) is 2.96. The van der Waals surface area contributed by atoms with Crippen molar-refractivity contribution in [1.29, 1.82) is 5.26 Å². The normalized spacial score (nSPS) is 13.6. The van der Waals surface area contributed by atoms with Gasteiger partial charge in [0.25, 0.3) is 5.91 Å². The molecular weight excluding hydrogens is 286 g/mol. The number of esters is 1. The lowest BCUT2D eigenvalue weighted by Crippen LogP contribution is -2.30. The van der Waals surface area contributed by atoms with Gasteiger partial charge in [-0.25, -0.2) is 0 Å². The molecule has 0 radical (unpaired) electrons. The van der Waals surface area contributed by atoms with Crippen LogP contribution in [0.5, 0.6) is 0 Å². The van der Waals surface area contributed by atoms with Gasteiger partial charge in [-0.1, -0.05) is 0 Å². The Morgan fingerprint density at radius 3 is 2.64 bits per heavy atom. The Balaban J connectivity index is 1.90. The van der Waals surface area contributed by atoms with Crippen LogP contribution in [-0.4, -0.2) is 37.5 Å². The number of ether oxygens (including phenoxy) is 1. The van der Waals surface area contributed by atoms with Crippen LogP contribution in [-0.2, 0) is 14.3 Å². The lowest BCUT2D eigenvalue weighted by molar-refractivity contribution is -0.140. The zero-order valence-electron chi connectivity index (χ0n) is 11.9. The summed E-state index contributed by atoms with van der Waals surface area (Å²) < 4.78 is 4.52. The first-order valence-electron chi connectivity index (χ1n) is 6.83. The van der Waals surface area contributed by atoms with E-state index in [1.165, 1.54) is 0 Å². The minimum absolute atomic E-state index is 0.0810. The lowest BCUT2D eigenvalue weighted by Gasteiger charge is -2.15. The number of carbonyl (C=O) groups is 3. The molecule has 0 unspecified atom stereocenters. The molecule has 0 spiro atoms. The molecule has 1 saturated heterocycles. The number of amides is 2. The molecule has 1 aliphatic rings. The monoisotopic (exact) mass is 301 g/mol. The quantitative estimate of drug-likeness (QED) is 0.803. The third-order valence-electron chi connectivity index (χ3n) is 3.21. The van der Waals surface area contributed by atoms with Gasteiger partial charge < -0.3 is 15.0 Å². The van der Waals surface area contributed by atoms with Gasteiger partial charge in [-0.3, -0.25) is 14.4 Å². The standard InChI is InChI=1S/C15H15N3O4/c16-7-9-22-14(20)10-17-15(21)11-3-5-12(6-4-11)18-8-1-2-13(18)19/h3-6H,1-2,8-10H2,(H,17,21). The maximum Gasteiger partial charge on any atom is 0.326 e. The van der Waals surface area contributed by atoms with E-state index in [9.17, 15) is 14.4 Å². The predicted octanol–water partition coefficient (Wildman–Crippen LogP) is 0.610. The second kappa shape index (κ2) is 7.22. The molecule has 2 amide bonds. The van der Waals surface area contributed by atoms with E-state index >= 15 is 0 Å². The van der Waals surface area contributed by atoms with Gasteiger partial charge in [-0.15, -0.1) is 0 Å². The average molecular weight is 301 g/mol. The summed E-state index contributed by atoms with van der Waals surface area (Å²) in [6.07, 6.45) is 1.39. The first-order valence-corrected chi connectivity index (χ1v) is 6.83. The van der Waals surface area contributed by atoms with Crippen molar-refractivity contribution < 1.29 is 19.1 Å². The van der Waals surface area contributed by atoms with E-state index in [4.69, 9.17) is 5.26 Å². The van der Waals surface area contributed by atoms with Gasteiger partial charge in [0.15, 0.2) is 6.61 Å². The highest BCUT2D eigenvalue weighted by molar-refractivity contribution is 5.98. The number of rotatable bonds is 5. The number of benzene rings is 1. The van der Waals surface area contributed by atoms with Gasteiger partial charge in [0.2, 0.25) is 5.91 Å². The number of nitriles is 1. The number of hydrogen-bond acceptors (Lipinski definition) is 5. The summed E-state index contributed by atoms with van der Waals surface area (Å²) in [5.41, 5.74) is 1.14. The fourth-order valence-corrected chi connectivity index (χ4v) is 2.13. The van der Waals surface area contributed by atoms with Crippen molar-refractivity contribution in [2.24, 2.45) is 0 Å². The molecule has 0 aromatic heterocycles. The molecule has 0 aliphatic carbocycles. The van der Waals surface area contributed by atoms with Crippen LogP contribution >= 0.6 is 0 Å².